The van der Waals surface area contributed by atoms with Crippen molar-refractivity contribution in [2.75, 3.05) is 20.1 Å². The van der Waals surface area contributed by atoms with E-state index >= 15 is 0 Å². The largest absolute Gasteiger partial charge is 0.322 e. The average Bonchev–Trinajstić information content (AvgIpc) is 1.93. The first-order valence-corrected chi connectivity index (χ1v) is 4.51. The smallest absolute Gasteiger partial charge is 0.123 e. The Labute approximate surface area is 73.9 Å². The van der Waals surface area contributed by atoms with Crippen molar-refractivity contribution in [3.63, 3.8) is 0 Å². The summed E-state index contributed by atoms with van der Waals surface area (Å²) in [4.78, 5) is 2.19. The quantitative estimate of drug-likeness (QED) is 0.646. The minimum absolute atomic E-state index is 0.612. The SMILES string of the molecule is CN1CCC(N)(C(C)(C)F)CC1. The Morgan fingerprint density at radius 2 is 1.75 bits per heavy atom. The van der Waals surface area contributed by atoms with Crippen LogP contribution >= 0.6 is 0 Å². The lowest BCUT2D eigenvalue weighted by molar-refractivity contribution is 0.0424. The molecule has 72 valence electrons. The van der Waals surface area contributed by atoms with Gasteiger partial charge in [0, 0.05) is 0 Å². The lowest BCUT2D eigenvalue weighted by atomic mass is 9.77. The molecule has 0 aromatic rings. The Kier molecular flexibility index (Phi) is 2.45. The molecule has 0 saturated carbocycles. The number of piperidine rings is 1. The van der Waals surface area contributed by atoms with Crippen LogP contribution in [0.15, 0.2) is 0 Å². The van der Waals surface area contributed by atoms with Gasteiger partial charge < -0.3 is 10.6 Å². The first-order chi connectivity index (χ1) is 5.35. The van der Waals surface area contributed by atoms with Crippen molar-refractivity contribution < 1.29 is 4.39 Å². The fourth-order valence-electron chi connectivity index (χ4n) is 1.61. The van der Waals surface area contributed by atoms with Gasteiger partial charge in [0.2, 0.25) is 0 Å². The van der Waals surface area contributed by atoms with Crippen LogP contribution in [0.5, 0.6) is 0 Å². The number of nitrogens with two attached hydrogens (primary N) is 1. The summed E-state index contributed by atoms with van der Waals surface area (Å²) in [6.45, 7) is 4.98. The molecule has 1 aliphatic heterocycles. The van der Waals surface area contributed by atoms with E-state index in [-0.39, 0.29) is 0 Å². The van der Waals surface area contributed by atoms with E-state index in [9.17, 15) is 4.39 Å². The molecule has 1 heterocycles. The molecular formula is C9H19FN2. The van der Waals surface area contributed by atoms with Gasteiger partial charge in [-0.2, -0.15) is 0 Å². The van der Waals surface area contributed by atoms with Crippen LogP contribution in [0.3, 0.4) is 0 Å². The van der Waals surface area contributed by atoms with Crippen LogP contribution in [-0.4, -0.2) is 36.2 Å². The van der Waals surface area contributed by atoms with Gasteiger partial charge in [0.25, 0.3) is 0 Å². The second-order valence-electron chi connectivity index (χ2n) is 4.43. The standard InChI is InChI=1S/C9H19FN2/c1-8(2,10)9(11)4-6-12(3)7-5-9/h4-7,11H2,1-3H3. The fraction of sp³-hybridized carbons (Fsp3) is 1.00. The summed E-state index contributed by atoms with van der Waals surface area (Å²) >= 11 is 0. The minimum atomic E-state index is -1.26. The van der Waals surface area contributed by atoms with Gasteiger partial charge in [-0.15, -0.1) is 0 Å². The number of likely N-dealkylation sites (tertiary alicyclic amines) is 1. The Balaban J connectivity index is 2.62. The van der Waals surface area contributed by atoms with Gasteiger partial charge in [0.1, 0.15) is 5.67 Å². The monoisotopic (exact) mass is 174 g/mol. The molecule has 0 unspecified atom stereocenters. The molecule has 2 N–H and O–H groups in total. The summed E-state index contributed by atoms with van der Waals surface area (Å²) in [5.74, 6) is 0. The van der Waals surface area contributed by atoms with Gasteiger partial charge in [0.15, 0.2) is 0 Å². The van der Waals surface area contributed by atoms with E-state index in [2.05, 4.69) is 4.90 Å². The van der Waals surface area contributed by atoms with E-state index < -0.39 is 11.2 Å². The zero-order chi connectivity index (χ0) is 9.41. The topological polar surface area (TPSA) is 29.3 Å². The molecule has 0 amide bonds. The number of hydrogen-bond acceptors (Lipinski definition) is 2. The Bertz CT molecular complexity index is 154. The highest BCUT2D eigenvalue weighted by Gasteiger charge is 2.43. The highest BCUT2D eigenvalue weighted by molar-refractivity contribution is 5.01. The third-order valence-electron chi connectivity index (χ3n) is 3.06. The van der Waals surface area contributed by atoms with Gasteiger partial charge in [-0.05, 0) is 46.8 Å². The van der Waals surface area contributed by atoms with Gasteiger partial charge in [0.05, 0.1) is 5.54 Å². The fourth-order valence-corrected chi connectivity index (χ4v) is 1.61. The van der Waals surface area contributed by atoms with E-state index in [1.807, 2.05) is 7.05 Å². The van der Waals surface area contributed by atoms with Crippen LogP contribution in [0.4, 0.5) is 4.39 Å². The molecule has 1 aliphatic rings. The van der Waals surface area contributed by atoms with Crippen LogP contribution in [0.1, 0.15) is 26.7 Å². The molecule has 1 saturated heterocycles. The van der Waals surface area contributed by atoms with Crippen molar-refractivity contribution >= 4 is 0 Å². The van der Waals surface area contributed by atoms with E-state index in [4.69, 9.17) is 5.73 Å². The molecule has 0 aromatic carbocycles. The number of rotatable bonds is 1. The zero-order valence-electron chi connectivity index (χ0n) is 8.23. The van der Waals surface area contributed by atoms with Crippen LogP contribution in [0, 0.1) is 0 Å². The normalized spacial score (nSPS) is 25.8. The van der Waals surface area contributed by atoms with Crippen molar-refractivity contribution in [1.29, 1.82) is 0 Å². The number of hydrogen-bond donors (Lipinski definition) is 1. The predicted molar refractivity (Wildman–Crippen MR) is 48.8 cm³/mol. The molecule has 0 spiro atoms. The first kappa shape index (κ1) is 9.93. The third kappa shape index (κ3) is 1.77. The maximum absolute atomic E-state index is 13.6. The molecule has 1 fully saturated rings. The predicted octanol–water partition coefficient (Wildman–Crippen LogP) is 1.16. The molecule has 0 radical (unpaired) electrons. The number of halogens is 1. The Morgan fingerprint density at radius 1 is 1.33 bits per heavy atom. The lowest BCUT2D eigenvalue weighted by Gasteiger charge is -2.43. The van der Waals surface area contributed by atoms with Crippen molar-refractivity contribution in [1.82, 2.24) is 4.90 Å². The summed E-state index contributed by atoms with van der Waals surface area (Å²) < 4.78 is 13.6. The highest BCUT2D eigenvalue weighted by atomic mass is 19.1. The first-order valence-electron chi connectivity index (χ1n) is 4.51. The summed E-state index contributed by atoms with van der Waals surface area (Å²) in [7, 11) is 2.05. The van der Waals surface area contributed by atoms with E-state index in [0.29, 0.717) is 0 Å². The van der Waals surface area contributed by atoms with Gasteiger partial charge >= 0.3 is 0 Å². The lowest BCUT2D eigenvalue weighted by Crippen LogP contribution is -2.60. The molecular weight excluding hydrogens is 155 g/mol. The van der Waals surface area contributed by atoms with E-state index in [1.54, 1.807) is 13.8 Å². The molecule has 0 bridgehead atoms. The summed E-state index contributed by atoms with van der Waals surface area (Å²) in [6, 6.07) is 0. The maximum atomic E-state index is 13.6. The zero-order valence-corrected chi connectivity index (χ0v) is 8.23. The Morgan fingerprint density at radius 3 is 2.08 bits per heavy atom. The van der Waals surface area contributed by atoms with Crippen molar-refractivity contribution in [2.24, 2.45) is 5.73 Å². The summed E-state index contributed by atoms with van der Waals surface area (Å²) in [5.41, 5.74) is 4.13. The molecule has 3 heteroatoms. The highest BCUT2D eigenvalue weighted by Crippen LogP contribution is 2.32. The van der Waals surface area contributed by atoms with Crippen LogP contribution < -0.4 is 5.73 Å². The van der Waals surface area contributed by atoms with Crippen LogP contribution in [-0.2, 0) is 0 Å². The average molecular weight is 174 g/mol. The third-order valence-corrected chi connectivity index (χ3v) is 3.06. The molecule has 0 atom stereocenters. The molecule has 1 rings (SSSR count). The van der Waals surface area contributed by atoms with E-state index in [1.165, 1.54) is 0 Å². The second-order valence-corrected chi connectivity index (χ2v) is 4.43. The van der Waals surface area contributed by atoms with Gasteiger partial charge in [-0.3, -0.25) is 0 Å². The summed E-state index contributed by atoms with van der Waals surface area (Å²) in [5, 5.41) is 0. The second kappa shape index (κ2) is 2.96. The molecule has 0 aliphatic carbocycles. The summed E-state index contributed by atoms with van der Waals surface area (Å²) in [6.07, 6.45) is 1.51. The van der Waals surface area contributed by atoms with Gasteiger partial charge in [-0.1, -0.05) is 0 Å². The minimum Gasteiger partial charge on any atom is -0.322 e. The van der Waals surface area contributed by atoms with Crippen LogP contribution in [0.25, 0.3) is 0 Å². The molecule has 0 aromatic heterocycles. The Hall–Kier alpha value is -0.150. The molecule has 2 nitrogen and oxygen atoms in total. The van der Waals surface area contributed by atoms with Crippen molar-refractivity contribution in [3.05, 3.63) is 0 Å². The van der Waals surface area contributed by atoms with Crippen molar-refractivity contribution in [3.8, 4) is 0 Å². The maximum Gasteiger partial charge on any atom is 0.123 e. The van der Waals surface area contributed by atoms with Crippen LogP contribution in [0.2, 0.25) is 0 Å². The molecule has 12 heavy (non-hydrogen) atoms. The van der Waals surface area contributed by atoms with Gasteiger partial charge in [-0.25, -0.2) is 4.39 Å². The number of nitrogens with zero attached hydrogens (tertiary/aromatic N) is 1. The van der Waals surface area contributed by atoms with E-state index in [0.717, 1.165) is 25.9 Å². The van der Waals surface area contributed by atoms with Crippen molar-refractivity contribution in [2.45, 2.75) is 37.9 Å². The number of alkyl halides is 1.